The van der Waals surface area contributed by atoms with Crippen molar-refractivity contribution in [3.8, 4) is 11.8 Å². The summed E-state index contributed by atoms with van der Waals surface area (Å²) in [5, 5.41) is 8.97. The van der Waals surface area contributed by atoms with Gasteiger partial charge in [0.25, 0.3) is 0 Å². The number of carbonyl (C=O) groups excluding carboxylic acids is 1. The second-order valence-corrected chi connectivity index (χ2v) is 4.92. The van der Waals surface area contributed by atoms with Crippen LogP contribution in [0.4, 0.5) is 0 Å². The highest BCUT2D eigenvalue weighted by atomic mass is 32.1. The first-order valence-corrected chi connectivity index (χ1v) is 6.70. The molecular formula is C15H8N2O2S. The van der Waals surface area contributed by atoms with Crippen molar-refractivity contribution in [3.05, 3.63) is 59.1 Å². The summed E-state index contributed by atoms with van der Waals surface area (Å²) in [5.41, 5.74) is 3.35. The van der Waals surface area contributed by atoms with Crippen LogP contribution in [0.15, 0.2) is 48.0 Å². The Kier molecular flexibility index (Phi) is 3.15. The van der Waals surface area contributed by atoms with Gasteiger partial charge in [-0.1, -0.05) is 12.1 Å². The number of para-hydroxylation sites is 1. The molecule has 0 atom stereocenters. The fourth-order valence-corrected chi connectivity index (χ4v) is 2.51. The van der Waals surface area contributed by atoms with Gasteiger partial charge in [-0.2, -0.15) is 5.26 Å². The molecule has 0 saturated heterocycles. The molecule has 0 fully saturated rings. The number of benzene rings is 2. The number of hydrogen-bond donors (Lipinski definition) is 0. The fourth-order valence-electron chi connectivity index (χ4n) is 1.79. The van der Waals surface area contributed by atoms with E-state index in [-0.39, 0.29) is 5.75 Å². The molecule has 0 bridgehead atoms. The molecule has 0 spiro atoms. The van der Waals surface area contributed by atoms with Gasteiger partial charge in [-0.05, 0) is 30.3 Å². The standard InChI is InChI=1S/C15H8N2O2S/c16-8-11-3-1-2-4-13(11)19-15(18)10-5-6-12-14(7-10)20-9-17-12/h1-7,9H. The van der Waals surface area contributed by atoms with Crippen molar-refractivity contribution in [3.63, 3.8) is 0 Å². The number of carbonyl (C=O) groups is 1. The van der Waals surface area contributed by atoms with Gasteiger partial charge in [-0.15, -0.1) is 11.3 Å². The van der Waals surface area contributed by atoms with Crippen LogP contribution < -0.4 is 4.74 Å². The van der Waals surface area contributed by atoms with E-state index in [0.29, 0.717) is 11.1 Å². The second kappa shape index (κ2) is 5.11. The zero-order valence-corrected chi connectivity index (χ0v) is 11.1. The molecule has 0 radical (unpaired) electrons. The van der Waals surface area contributed by atoms with E-state index in [1.165, 1.54) is 11.3 Å². The summed E-state index contributed by atoms with van der Waals surface area (Å²) in [4.78, 5) is 16.3. The Labute approximate surface area is 118 Å². The summed E-state index contributed by atoms with van der Waals surface area (Å²) in [5.74, 6) is -0.215. The Morgan fingerprint density at radius 1 is 1.25 bits per heavy atom. The SMILES string of the molecule is N#Cc1ccccc1OC(=O)c1ccc2ncsc2c1. The second-order valence-electron chi connectivity index (χ2n) is 4.03. The quantitative estimate of drug-likeness (QED) is 0.533. The number of fused-ring (bicyclic) bond motifs is 1. The van der Waals surface area contributed by atoms with Gasteiger partial charge in [0.1, 0.15) is 11.8 Å². The molecule has 3 aromatic rings. The van der Waals surface area contributed by atoms with Gasteiger partial charge in [-0.3, -0.25) is 0 Å². The molecular weight excluding hydrogens is 272 g/mol. The Morgan fingerprint density at radius 2 is 2.10 bits per heavy atom. The minimum Gasteiger partial charge on any atom is -0.422 e. The third kappa shape index (κ3) is 2.25. The molecule has 3 rings (SSSR count). The van der Waals surface area contributed by atoms with Gasteiger partial charge in [0.2, 0.25) is 0 Å². The van der Waals surface area contributed by atoms with E-state index in [1.807, 2.05) is 6.07 Å². The summed E-state index contributed by atoms with van der Waals surface area (Å²) in [6.45, 7) is 0. The molecule has 0 aliphatic rings. The van der Waals surface area contributed by atoms with E-state index in [0.717, 1.165) is 10.2 Å². The van der Waals surface area contributed by atoms with Crippen molar-refractivity contribution in [2.24, 2.45) is 0 Å². The summed E-state index contributed by atoms with van der Waals surface area (Å²) >= 11 is 1.46. The predicted molar refractivity (Wildman–Crippen MR) is 75.7 cm³/mol. The molecule has 20 heavy (non-hydrogen) atoms. The Morgan fingerprint density at radius 3 is 2.95 bits per heavy atom. The number of hydrogen-bond acceptors (Lipinski definition) is 5. The molecule has 1 heterocycles. The van der Waals surface area contributed by atoms with Crippen molar-refractivity contribution in [1.82, 2.24) is 4.98 Å². The topological polar surface area (TPSA) is 63.0 Å². The molecule has 5 heteroatoms. The van der Waals surface area contributed by atoms with Crippen molar-refractivity contribution in [1.29, 1.82) is 5.26 Å². The van der Waals surface area contributed by atoms with Crippen molar-refractivity contribution in [2.45, 2.75) is 0 Å². The number of esters is 1. The molecule has 2 aromatic carbocycles. The average Bonchev–Trinajstić information content (AvgIpc) is 2.95. The molecule has 0 N–H and O–H groups in total. The first-order valence-electron chi connectivity index (χ1n) is 5.82. The van der Waals surface area contributed by atoms with Crippen LogP contribution in [0.2, 0.25) is 0 Å². The first kappa shape index (κ1) is 12.3. The number of aromatic nitrogens is 1. The highest BCUT2D eigenvalue weighted by Crippen LogP contribution is 2.22. The van der Waals surface area contributed by atoms with E-state index in [2.05, 4.69) is 4.98 Å². The van der Waals surface area contributed by atoms with Crippen molar-refractivity contribution >= 4 is 27.5 Å². The normalized spacial score (nSPS) is 10.2. The third-order valence-corrected chi connectivity index (χ3v) is 3.57. The molecule has 1 aromatic heterocycles. The van der Waals surface area contributed by atoms with E-state index in [4.69, 9.17) is 10.00 Å². The van der Waals surface area contributed by atoms with Crippen molar-refractivity contribution in [2.75, 3.05) is 0 Å². The zero-order chi connectivity index (χ0) is 13.9. The molecule has 96 valence electrons. The van der Waals surface area contributed by atoms with E-state index in [1.54, 1.807) is 48.0 Å². The van der Waals surface area contributed by atoms with Gasteiger partial charge in [-0.25, -0.2) is 9.78 Å². The number of nitrogens with zero attached hydrogens (tertiary/aromatic N) is 2. The Balaban J connectivity index is 1.91. The number of nitriles is 1. The third-order valence-electron chi connectivity index (χ3n) is 2.78. The lowest BCUT2D eigenvalue weighted by molar-refractivity contribution is 0.0734. The minimum atomic E-state index is -0.483. The molecule has 0 aliphatic heterocycles. The molecule has 0 unspecified atom stereocenters. The van der Waals surface area contributed by atoms with Gasteiger partial charge in [0, 0.05) is 0 Å². The van der Waals surface area contributed by atoms with Gasteiger partial charge in [0.05, 0.1) is 26.9 Å². The largest absolute Gasteiger partial charge is 0.422 e. The van der Waals surface area contributed by atoms with E-state index < -0.39 is 5.97 Å². The lowest BCUT2D eigenvalue weighted by Gasteiger charge is -2.05. The van der Waals surface area contributed by atoms with E-state index in [9.17, 15) is 4.79 Å². The monoisotopic (exact) mass is 280 g/mol. The van der Waals surface area contributed by atoms with Crippen LogP contribution in [0, 0.1) is 11.3 Å². The lowest BCUT2D eigenvalue weighted by atomic mass is 10.2. The van der Waals surface area contributed by atoms with Crippen molar-refractivity contribution < 1.29 is 9.53 Å². The van der Waals surface area contributed by atoms with E-state index >= 15 is 0 Å². The van der Waals surface area contributed by atoms with Crippen LogP contribution >= 0.6 is 11.3 Å². The smallest absolute Gasteiger partial charge is 0.343 e. The molecule has 4 nitrogen and oxygen atoms in total. The maximum Gasteiger partial charge on any atom is 0.343 e. The highest BCUT2D eigenvalue weighted by Gasteiger charge is 2.12. The number of ether oxygens (including phenoxy) is 1. The van der Waals surface area contributed by atoms with Crippen LogP contribution in [0.1, 0.15) is 15.9 Å². The fraction of sp³-hybridized carbons (Fsp3) is 0. The summed E-state index contributed by atoms with van der Waals surface area (Å²) < 4.78 is 6.19. The zero-order valence-electron chi connectivity index (χ0n) is 10.2. The van der Waals surface area contributed by atoms with Gasteiger partial charge >= 0.3 is 5.97 Å². The molecule has 0 saturated carbocycles. The number of thiazole rings is 1. The Bertz CT molecular complexity index is 833. The maximum atomic E-state index is 12.1. The van der Waals surface area contributed by atoms with Crippen LogP contribution in [0.3, 0.4) is 0 Å². The predicted octanol–water partition coefficient (Wildman–Crippen LogP) is 3.39. The maximum absolute atomic E-state index is 12.1. The minimum absolute atomic E-state index is 0.268. The van der Waals surface area contributed by atoms with Gasteiger partial charge in [0.15, 0.2) is 0 Å². The Hall–Kier alpha value is -2.71. The van der Waals surface area contributed by atoms with Crippen LogP contribution in [-0.2, 0) is 0 Å². The highest BCUT2D eigenvalue weighted by molar-refractivity contribution is 7.16. The van der Waals surface area contributed by atoms with Crippen LogP contribution in [0.5, 0.6) is 5.75 Å². The lowest BCUT2D eigenvalue weighted by Crippen LogP contribution is -2.09. The molecule has 0 aliphatic carbocycles. The van der Waals surface area contributed by atoms with Gasteiger partial charge < -0.3 is 4.74 Å². The average molecular weight is 280 g/mol. The van der Waals surface area contributed by atoms with Crippen LogP contribution in [-0.4, -0.2) is 11.0 Å². The summed E-state index contributed by atoms with van der Waals surface area (Å²) in [6, 6.07) is 13.8. The molecule has 0 amide bonds. The summed E-state index contributed by atoms with van der Waals surface area (Å²) in [7, 11) is 0. The number of rotatable bonds is 2. The summed E-state index contributed by atoms with van der Waals surface area (Å²) in [6.07, 6.45) is 0. The van der Waals surface area contributed by atoms with Crippen LogP contribution in [0.25, 0.3) is 10.2 Å². The first-order chi connectivity index (χ1) is 9.78.